The minimum absolute atomic E-state index is 0.182. The maximum Gasteiger partial charge on any atom is 0.326 e. The van der Waals surface area contributed by atoms with Crippen LogP contribution in [0.4, 0.5) is 4.79 Å². The third-order valence-corrected chi connectivity index (χ3v) is 2.95. The molecule has 0 saturated heterocycles. The molecule has 0 aromatic carbocycles. The Morgan fingerprint density at radius 1 is 1.35 bits per heavy atom. The third-order valence-electron chi connectivity index (χ3n) is 2.95. The van der Waals surface area contributed by atoms with E-state index >= 15 is 0 Å². The van der Waals surface area contributed by atoms with Gasteiger partial charge >= 0.3 is 12.0 Å². The van der Waals surface area contributed by atoms with Crippen LogP contribution in [0.3, 0.4) is 0 Å². The molecular formula is C12H20N2O3. The zero-order chi connectivity index (χ0) is 12.7. The van der Waals surface area contributed by atoms with E-state index in [0.717, 1.165) is 25.7 Å². The van der Waals surface area contributed by atoms with Crippen molar-refractivity contribution in [2.45, 2.75) is 50.6 Å². The summed E-state index contributed by atoms with van der Waals surface area (Å²) < 4.78 is 0. The van der Waals surface area contributed by atoms with Crippen LogP contribution in [0, 0.1) is 0 Å². The summed E-state index contributed by atoms with van der Waals surface area (Å²) in [4.78, 5) is 22.4. The molecule has 0 spiro atoms. The van der Waals surface area contributed by atoms with Crippen LogP contribution in [0.5, 0.6) is 0 Å². The molecule has 1 unspecified atom stereocenters. The van der Waals surface area contributed by atoms with E-state index in [1.54, 1.807) is 0 Å². The van der Waals surface area contributed by atoms with Crippen LogP contribution in [-0.2, 0) is 4.79 Å². The van der Waals surface area contributed by atoms with Crippen LogP contribution in [-0.4, -0.2) is 29.2 Å². The van der Waals surface area contributed by atoms with Gasteiger partial charge in [0.1, 0.15) is 6.04 Å². The van der Waals surface area contributed by atoms with Crippen molar-refractivity contribution in [2.75, 3.05) is 0 Å². The van der Waals surface area contributed by atoms with Gasteiger partial charge in [0.15, 0.2) is 0 Å². The molecule has 2 amide bonds. The number of hydrogen-bond acceptors (Lipinski definition) is 2. The van der Waals surface area contributed by atoms with E-state index in [2.05, 4.69) is 17.2 Å². The van der Waals surface area contributed by atoms with Crippen LogP contribution >= 0.6 is 0 Å². The van der Waals surface area contributed by atoms with Gasteiger partial charge in [-0.1, -0.05) is 25.3 Å². The molecule has 96 valence electrons. The molecule has 0 aromatic heterocycles. The molecule has 0 radical (unpaired) electrons. The number of carbonyl (C=O) groups is 2. The minimum atomic E-state index is -1.04. The number of carboxylic acids is 1. The first-order valence-electron chi connectivity index (χ1n) is 6.04. The highest BCUT2D eigenvalue weighted by molar-refractivity contribution is 5.82. The molecule has 1 aliphatic rings. The highest BCUT2D eigenvalue weighted by Gasteiger charge is 2.20. The predicted molar refractivity (Wildman–Crippen MR) is 64.8 cm³/mol. The lowest BCUT2D eigenvalue weighted by Crippen LogP contribution is -2.49. The summed E-state index contributed by atoms with van der Waals surface area (Å²) in [5.41, 5.74) is 0. The molecule has 1 saturated carbocycles. The highest BCUT2D eigenvalue weighted by atomic mass is 16.4. The number of amides is 2. The lowest BCUT2D eigenvalue weighted by molar-refractivity contribution is -0.139. The Labute approximate surface area is 101 Å². The van der Waals surface area contributed by atoms with E-state index in [4.69, 9.17) is 5.11 Å². The summed E-state index contributed by atoms with van der Waals surface area (Å²) >= 11 is 0. The van der Waals surface area contributed by atoms with Crippen LogP contribution in [0.1, 0.15) is 38.5 Å². The van der Waals surface area contributed by atoms with Crippen molar-refractivity contribution in [3.8, 4) is 0 Å². The van der Waals surface area contributed by atoms with E-state index in [9.17, 15) is 9.59 Å². The molecule has 3 N–H and O–H groups in total. The monoisotopic (exact) mass is 240 g/mol. The van der Waals surface area contributed by atoms with Crippen molar-refractivity contribution < 1.29 is 14.7 Å². The summed E-state index contributed by atoms with van der Waals surface area (Å²) in [6.07, 6.45) is 7.14. The lowest BCUT2D eigenvalue weighted by Gasteiger charge is -2.23. The number of nitrogens with one attached hydrogen (secondary N) is 2. The summed E-state index contributed by atoms with van der Waals surface area (Å²) in [6.45, 7) is 3.47. The van der Waals surface area contributed by atoms with Gasteiger partial charge in [-0.3, -0.25) is 0 Å². The van der Waals surface area contributed by atoms with Crippen molar-refractivity contribution in [1.29, 1.82) is 0 Å². The molecule has 5 heteroatoms. The van der Waals surface area contributed by atoms with E-state index in [0.29, 0.717) is 0 Å². The molecule has 0 aromatic rings. The molecular weight excluding hydrogens is 220 g/mol. The third kappa shape index (κ3) is 4.89. The number of hydrogen-bond donors (Lipinski definition) is 3. The number of urea groups is 1. The summed E-state index contributed by atoms with van der Waals surface area (Å²) in [7, 11) is 0. The first-order chi connectivity index (χ1) is 8.13. The molecule has 1 rings (SSSR count). The quantitative estimate of drug-likeness (QED) is 0.639. The first kappa shape index (κ1) is 13.5. The second kappa shape index (κ2) is 6.93. The smallest absolute Gasteiger partial charge is 0.326 e. The molecule has 0 bridgehead atoms. The number of aliphatic carboxylic acids is 1. The topological polar surface area (TPSA) is 78.4 Å². The average molecular weight is 240 g/mol. The maximum atomic E-state index is 11.6. The number of rotatable bonds is 5. The van der Waals surface area contributed by atoms with Crippen LogP contribution in [0.25, 0.3) is 0 Å². The molecule has 5 nitrogen and oxygen atoms in total. The van der Waals surface area contributed by atoms with Gasteiger partial charge < -0.3 is 15.7 Å². The Morgan fingerprint density at radius 3 is 2.53 bits per heavy atom. The Kier molecular flexibility index (Phi) is 5.52. The summed E-state index contributed by atoms with van der Waals surface area (Å²) in [5, 5.41) is 14.1. The van der Waals surface area contributed by atoms with Crippen molar-refractivity contribution >= 4 is 12.0 Å². The van der Waals surface area contributed by atoms with Crippen LogP contribution < -0.4 is 10.6 Å². The van der Waals surface area contributed by atoms with Gasteiger partial charge in [0.2, 0.25) is 0 Å². The molecule has 1 fully saturated rings. The van der Waals surface area contributed by atoms with Gasteiger partial charge in [-0.2, -0.15) is 0 Å². The molecule has 17 heavy (non-hydrogen) atoms. The van der Waals surface area contributed by atoms with Crippen LogP contribution in [0.15, 0.2) is 12.7 Å². The standard InChI is InChI=1S/C12H20N2O3/c1-2-6-10(11(15)16)14-12(17)13-9-7-4-3-5-8-9/h2,9-10H,1,3-8H2,(H,15,16)(H2,13,14,17). The minimum Gasteiger partial charge on any atom is -0.480 e. The predicted octanol–water partition coefficient (Wildman–Crippen LogP) is 1.65. The van der Waals surface area contributed by atoms with Gasteiger partial charge in [-0.15, -0.1) is 6.58 Å². The second-order valence-corrected chi connectivity index (χ2v) is 4.37. The fraction of sp³-hybridized carbons (Fsp3) is 0.667. The first-order valence-corrected chi connectivity index (χ1v) is 6.04. The number of carboxylic acid groups (broad SMARTS) is 1. The van der Waals surface area contributed by atoms with E-state index < -0.39 is 18.0 Å². The van der Waals surface area contributed by atoms with Crippen molar-refractivity contribution in [2.24, 2.45) is 0 Å². The van der Waals surface area contributed by atoms with Crippen LogP contribution in [0.2, 0.25) is 0 Å². The Bertz CT molecular complexity index is 285. The summed E-state index contributed by atoms with van der Waals surface area (Å²) in [6, 6.07) is -1.11. The zero-order valence-corrected chi connectivity index (χ0v) is 9.95. The van der Waals surface area contributed by atoms with Gasteiger partial charge in [-0.05, 0) is 19.3 Å². The SMILES string of the molecule is C=CCC(NC(=O)NC1CCCCC1)C(=O)O. The highest BCUT2D eigenvalue weighted by Crippen LogP contribution is 2.17. The fourth-order valence-electron chi connectivity index (χ4n) is 2.02. The van der Waals surface area contributed by atoms with Crippen molar-refractivity contribution in [3.05, 3.63) is 12.7 Å². The Balaban J connectivity index is 2.35. The van der Waals surface area contributed by atoms with Crippen molar-refractivity contribution in [1.82, 2.24) is 10.6 Å². The number of carbonyl (C=O) groups excluding carboxylic acids is 1. The van der Waals surface area contributed by atoms with Gasteiger partial charge in [0.05, 0.1) is 0 Å². The van der Waals surface area contributed by atoms with Gasteiger partial charge in [0, 0.05) is 6.04 Å². The van der Waals surface area contributed by atoms with E-state index in [1.807, 2.05) is 0 Å². The summed E-state index contributed by atoms with van der Waals surface area (Å²) in [5.74, 6) is -1.04. The Morgan fingerprint density at radius 2 is 2.00 bits per heavy atom. The van der Waals surface area contributed by atoms with E-state index in [1.165, 1.54) is 12.5 Å². The van der Waals surface area contributed by atoms with Gasteiger partial charge in [-0.25, -0.2) is 9.59 Å². The Hall–Kier alpha value is -1.52. The lowest BCUT2D eigenvalue weighted by atomic mass is 9.96. The molecule has 0 heterocycles. The maximum absolute atomic E-state index is 11.6. The second-order valence-electron chi connectivity index (χ2n) is 4.37. The largest absolute Gasteiger partial charge is 0.480 e. The van der Waals surface area contributed by atoms with Gasteiger partial charge in [0.25, 0.3) is 0 Å². The fourth-order valence-corrected chi connectivity index (χ4v) is 2.02. The molecule has 0 aliphatic heterocycles. The normalized spacial score (nSPS) is 18.1. The van der Waals surface area contributed by atoms with E-state index in [-0.39, 0.29) is 12.5 Å². The van der Waals surface area contributed by atoms with Crippen molar-refractivity contribution in [3.63, 3.8) is 0 Å². The molecule has 1 aliphatic carbocycles. The molecule has 1 atom stereocenters. The average Bonchev–Trinajstić information content (AvgIpc) is 2.29. The zero-order valence-electron chi connectivity index (χ0n) is 9.95.